The maximum atomic E-state index is 14.4. The van der Waals surface area contributed by atoms with Gasteiger partial charge in [0.15, 0.2) is 0 Å². The summed E-state index contributed by atoms with van der Waals surface area (Å²) in [6.45, 7) is 0. The highest BCUT2D eigenvalue weighted by Crippen LogP contribution is 2.48. The Morgan fingerprint density at radius 3 is 2.72 bits per heavy atom. The maximum Gasteiger partial charge on any atom is 0.429 e. The lowest BCUT2D eigenvalue weighted by atomic mass is 9.87. The van der Waals surface area contributed by atoms with Gasteiger partial charge in [0.05, 0.1) is 7.11 Å². The highest BCUT2D eigenvalue weighted by atomic mass is 35.5. The van der Waals surface area contributed by atoms with Crippen LogP contribution in [0.2, 0.25) is 5.02 Å². The number of benzene rings is 2. The van der Waals surface area contributed by atoms with Crippen LogP contribution in [0, 0.1) is 17.8 Å². The van der Waals surface area contributed by atoms with Crippen LogP contribution in [0.15, 0.2) is 47.5 Å². The first-order chi connectivity index (χ1) is 13.8. The van der Waals surface area contributed by atoms with E-state index in [1.807, 2.05) is 0 Å². The zero-order valence-corrected chi connectivity index (χ0v) is 16.2. The first kappa shape index (κ1) is 19.5. The van der Waals surface area contributed by atoms with Gasteiger partial charge in [0, 0.05) is 33.9 Å². The van der Waals surface area contributed by atoms with Gasteiger partial charge in [0.2, 0.25) is 11.5 Å². The van der Waals surface area contributed by atoms with Crippen LogP contribution >= 0.6 is 11.6 Å². The van der Waals surface area contributed by atoms with Gasteiger partial charge in [-0.05, 0) is 43.2 Å². The van der Waals surface area contributed by atoms with Crippen molar-refractivity contribution in [1.82, 2.24) is 0 Å². The van der Waals surface area contributed by atoms with Gasteiger partial charge in [0.25, 0.3) is 0 Å². The number of nitrogens with zero attached hydrogens (tertiary/aromatic N) is 1. The van der Waals surface area contributed by atoms with Crippen LogP contribution in [-0.2, 0) is 5.54 Å². The van der Waals surface area contributed by atoms with E-state index in [0.29, 0.717) is 11.4 Å². The van der Waals surface area contributed by atoms with Crippen molar-refractivity contribution in [3.05, 3.63) is 53.1 Å². The van der Waals surface area contributed by atoms with Gasteiger partial charge in [-0.15, -0.1) is 0 Å². The van der Waals surface area contributed by atoms with Crippen molar-refractivity contribution in [2.45, 2.75) is 24.6 Å². The number of fused-ring (bicyclic) bond motifs is 1. The third kappa shape index (κ3) is 3.85. The first-order valence-corrected chi connectivity index (χ1v) is 9.36. The fraction of sp³-hybridized carbons (Fsp3) is 0.286. The zero-order valence-electron chi connectivity index (χ0n) is 15.4. The van der Waals surface area contributed by atoms with Crippen molar-refractivity contribution in [3.63, 3.8) is 0 Å². The van der Waals surface area contributed by atoms with Gasteiger partial charge < -0.3 is 15.4 Å². The fourth-order valence-electron chi connectivity index (χ4n) is 3.02. The second kappa shape index (κ2) is 7.20. The van der Waals surface area contributed by atoms with E-state index >= 15 is 0 Å². The minimum Gasteiger partial charge on any atom is -0.497 e. The predicted octanol–water partition coefficient (Wildman–Crippen LogP) is 5.41. The molecule has 0 saturated heterocycles. The van der Waals surface area contributed by atoms with E-state index in [4.69, 9.17) is 16.3 Å². The number of rotatable bonds is 2. The Bertz CT molecular complexity index is 1040. The standard InChI is InChI=1S/C21H17ClF3N3O/c1-29-16-4-2-3-15(12-16)26-19-27-18-8-7-14(22)11-17(18)20(28-19,21(23,24)25)10-9-13-5-6-13/h2-4,7-8,11-13H,5-6H2,1H3,(H2,26,27,28). The highest BCUT2D eigenvalue weighted by Gasteiger charge is 2.58. The van der Waals surface area contributed by atoms with E-state index in [0.717, 1.165) is 12.8 Å². The third-order valence-corrected chi connectivity index (χ3v) is 4.92. The van der Waals surface area contributed by atoms with Crippen molar-refractivity contribution in [2.24, 2.45) is 10.9 Å². The number of methoxy groups -OCH3 is 1. The lowest BCUT2D eigenvalue weighted by molar-refractivity contribution is -0.170. The quantitative estimate of drug-likeness (QED) is 0.639. The molecule has 1 aliphatic heterocycles. The molecule has 29 heavy (non-hydrogen) atoms. The van der Waals surface area contributed by atoms with Crippen molar-refractivity contribution in [1.29, 1.82) is 0 Å². The molecule has 1 aliphatic carbocycles. The topological polar surface area (TPSA) is 45.6 Å². The van der Waals surface area contributed by atoms with E-state index < -0.39 is 11.7 Å². The molecule has 0 spiro atoms. The average molecular weight is 420 g/mol. The molecule has 2 aromatic carbocycles. The summed E-state index contributed by atoms with van der Waals surface area (Å²) in [5.41, 5.74) is -2.04. The molecule has 1 atom stereocenters. The number of guanidine groups is 1. The Morgan fingerprint density at radius 2 is 2.03 bits per heavy atom. The molecule has 0 amide bonds. The summed E-state index contributed by atoms with van der Waals surface area (Å²) >= 11 is 6.01. The molecule has 1 unspecified atom stereocenters. The summed E-state index contributed by atoms with van der Waals surface area (Å²) in [4.78, 5) is 4.01. The van der Waals surface area contributed by atoms with Gasteiger partial charge in [-0.1, -0.05) is 29.5 Å². The molecule has 1 saturated carbocycles. The SMILES string of the molecule is COc1cccc(NC2=NC(C#CC3CC3)(C(F)(F)F)c3cc(Cl)ccc3N2)c1. The first-order valence-electron chi connectivity index (χ1n) is 8.98. The van der Waals surface area contributed by atoms with Crippen LogP contribution in [-0.4, -0.2) is 19.2 Å². The minimum absolute atomic E-state index is 0.0169. The molecule has 0 radical (unpaired) electrons. The Hall–Kier alpha value is -2.85. The summed E-state index contributed by atoms with van der Waals surface area (Å²) in [6.07, 6.45) is -3.13. The van der Waals surface area contributed by atoms with Crippen LogP contribution in [0.4, 0.5) is 24.5 Å². The van der Waals surface area contributed by atoms with Crippen molar-refractivity contribution < 1.29 is 17.9 Å². The number of anilines is 2. The molecular formula is C21H17ClF3N3O. The maximum absolute atomic E-state index is 14.4. The smallest absolute Gasteiger partial charge is 0.429 e. The van der Waals surface area contributed by atoms with Crippen molar-refractivity contribution in [3.8, 4) is 17.6 Å². The lowest BCUT2D eigenvalue weighted by Gasteiger charge is -2.34. The van der Waals surface area contributed by atoms with Gasteiger partial charge in [-0.2, -0.15) is 13.2 Å². The van der Waals surface area contributed by atoms with E-state index in [-0.39, 0.29) is 28.2 Å². The molecule has 1 heterocycles. The van der Waals surface area contributed by atoms with Crippen LogP contribution in [0.3, 0.4) is 0 Å². The largest absolute Gasteiger partial charge is 0.497 e. The number of aliphatic imine (C=N–C) groups is 1. The van der Waals surface area contributed by atoms with Crippen LogP contribution in [0.1, 0.15) is 18.4 Å². The fourth-order valence-corrected chi connectivity index (χ4v) is 3.19. The second-order valence-corrected chi connectivity index (χ2v) is 7.32. The Kier molecular flexibility index (Phi) is 4.83. The summed E-state index contributed by atoms with van der Waals surface area (Å²) in [7, 11) is 1.51. The molecule has 2 aromatic rings. The molecule has 8 heteroatoms. The van der Waals surface area contributed by atoms with Gasteiger partial charge >= 0.3 is 6.18 Å². The predicted molar refractivity (Wildman–Crippen MR) is 107 cm³/mol. The van der Waals surface area contributed by atoms with E-state index in [9.17, 15) is 13.2 Å². The minimum atomic E-state index is -4.74. The molecule has 2 N–H and O–H groups in total. The molecular weight excluding hydrogens is 403 g/mol. The lowest BCUT2D eigenvalue weighted by Crippen LogP contribution is -2.45. The van der Waals surface area contributed by atoms with Crippen LogP contribution < -0.4 is 15.4 Å². The molecule has 1 fully saturated rings. The summed E-state index contributed by atoms with van der Waals surface area (Å²) in [6, 6.07) is 11.1. The zero-order chi connectivity index (χ0) is 20.6. The molecule has 150 valence electrons. The second-order valence-electron chi connectivity index (χ2n) is 6.88. The Morgan fingerprint density at radius 1 is 1.24 bits per heavy atom. The van der Waals surface area contributed by atoms with Crippen molar-refractivity contribution >= 4 is 28.9 Å². The van der Waals surface area contributed by atoms with Crippen LogP contribution in [0.25, 0.3) is 0 Å². The molecule has 4 nitrogen and oxygen atoms in total. The van der Waals surface area contributed by atoms with Crippen LogP contribution in [0.5, 0.6) is 5.75 Å². The van der Waals surface area contributed by atoms with Gasteiger partial charge in [-0.25, -0.2) is 4.99 Å². The number of hydrogen-bond donors (Lipinski definition) is 2. The van der Waals surface area contributed by atoms with Gasteiger partial charge in [-0.3, -0.25) is 0 Å². The summed E-state index contributed by atoms with van der Waals surface area (Å²) in [5, 5.41) is 6.00. The number of alkyl halides is 3. The Labute approximate surface area is 171 Å². The summed E-state index contributed by atoms with van der Waals surface area (Å²) < 4.78 is 48.3. The summed E-state index contributed by atoms with van der Waals surface area (Å²) in [5.74, 6) is 5.66. The molecule has 4 rings (SSSR count). The number of hydrogen-bond acceptors (Lipinski definition) is 4. The average Bonchev–Trinajstić information content (AvgIpc) is 3.50. The highest BCUT2D eigenvalue weighted by molar-refractivity contribution is 6.30. The van der Waals surface area contributed by atoms with E-state index in [1.54, 1.807) is 24.3 Å². The monoisotopic (exact) mass is 419 g/mol. The van der Waals surface area contributed by atoms with Gasteiger partial charge in [0.1, 0.15) is 5.75 Å². The molecule has 2 aliphatic rings. The normalized spacial score (nSPS) is 20.5. The van der Waals surface area contributed by atoms with Crippen molar-refractivity contribution in [2.75, 3.05) is 17.7 Å². The van der Waals surface area contributed by atoms with E-state index in [2.05, 4.69) is 27.5 Å². The number of halogens is 4. The molecule has 0 bridgehead atoms. The number of ether oxygens (including phenoxy) is 1. The third-order valence-electron chi connectivity index (χ3n) is 4.68. The molecule has 0 aromatic heterocycles. The number of nitrogens with one attached hydrogen (secondary N) is 2. The Balaban J connectivity index is 1.83. The van der Waals surface area contributed by atoms with E-state index in [1.165, 1.54) is 25.3 Å².